The van der Waals surface area contributed by atoms with Crippen LogP contribution in [-0.4, -0.2) is 84.2 Å². The van der Waals surface area contributed by atoms with Gasteiger partial charge in [0.05, 0.1) is 18.9 Å². The number of nitrogens with zero attached hydrogens (tertiary/aromatic N) is 5. The Morgan fingerprint density at radius 1 is 1.38 bits per heavy atom. The molecule has 0 amide bonds. The Labute approximate surface area is 167 Å². The summed E-state index contributed by atoms with van der Waals surface area (Å²) >= 11 is 0. The number of hydrogen-bond acceptors (Lipinski definition) is 10. The summed E-state index contributed by atoms with van der Waals surface area (Å²) in [5, 5.41) is 20.7. The Kier molecular flexibility index (Phi) is 5.60. The van der Waals surface area contributed by atoms with Gasteiger partial charge in [-0.25, -0.2) is 9.42 Å². The van der Waals surface area contributed by atoms with E-state index in [4.69, 9.17) is 15.1 Å². The van der Waals surface area contributed by atoms with Crippen LogP contribution in [0.1, 0.15) is 12.5 Å². The minimum Gasteiger partial charge on any atom is -0.382 e. The van der Waals surface area contributed by atoms with E-state index in [1.54, 1.807) is 6.07 Å². The maximum atomic E-state index is 11.4. The minimum atomic E-state index is -1.28. The molecular weight excluding hydrogens is 380 g/mol. The maximum absolute atomic E-state index is 11.4. The van der Waals surface area contributed by atoms with Gasteiger partial charge in [-0.05, 0) is 29.4 Å². The molecule has 1 aromatic carbocycles. The van der Waals surface area contributed by atoms with Gasteiger partial charge in [0.1, 0.15) is 5.52 Å². The highest BCUT2D eigenvalue weighted by molar-refractivity contribution is 6.03. The normalized spacial score (nSPS) is 19.9. The van der Waals surface area contributed by atoms with Gasteiger partial charge >= 0.3 is 5.97 Å². The molecule has 29 heavy (non-hydrogen) atoms. The smallest absolute Gasteiger partial charge is 0.362 e. The first-order valence-electron chi connectivity index (χ1n) is 9.55. The van der Waals surface area contributed by atoms with Crippen molar-refractivity contribution in [2.24, 2.45) is 16.8 Å². The molecule has 1 aromatic heterocycles. The molecule has 3 heterocycles. The molecule has 0 bridgehead atoms. The van der Waals surface area contributed by atoms with E-state index in [2.05, 4.69) is 30.1 Å². The predicted molar refractivity (Wildman–Crippen MR) is 103 cm³/mol. The minimum absolute atomic E-state index is 0.00413. The zero-order valence-corrected chi connectivity index (χ0v) is 16.2. The van der Waals surface area contributed by atoms with E-state index in [0.717, 1.165) is 51.6 Å². The van der Waals surface area contributed by atoms with Crippen molar-refractivity contribution in [3.8, 4) is 0 Å². The average molecular weight is 404 g/mol. The van der Waals surface area contributed by atoms with Crippen molar-refractivity contribution >= 4 is 28.5 Å². The molecule has 156 valence electrons. The van der Waals surface area contributed by atoms with Crippen LogP contribution < -0.4 is 10.6 Å². The van der Waals surface area contributed by atoms with Crippen molar-refractivity contribution in [2.45, 2.75) is 13.0 Å². The Morgan fingerprint density at radius 3 is 2.86 bits per heavy atom. The zero-order chi connectivity index (χ0) is 20.4. The lowest BCUT2D eigenvalue weighted by atomic mass is 9.97. The van der Waals surface area contributed by atoms with E-state index < -0.39 is 12.1 Å². The number of morpholine rings is 1. The number of oxime groups is 1. The Hall–Kier alpha value is -2.76. The van der Waals surface area contributed by atoms with Crippen LogP contribution in [0, 0.1) is 5.92 Å². The third-order valence-corrected chi connectivity index (χ3v) is 5.13. The number of hydrogen-bond donors (Lipinski definition) is 2. The first-order chi connectivity index (χ1) is 14.0. The van der Waals surface area contributed by atoms with Crippen molar-refractivity contribution in [3.05, 3.63) is 17.7 Å². The van der Waals surface area contributed by atoms with E-state index in [1.807, 2.05) is 6.07 Å². The number of rotatable bonds is 6. The van der Waals surface area contributed by atoms with E-state index in [1.165, 1.54) is 6.92 Å². The summed E-state index contributed by atoms with van der Waals surface area (Å²) in [5.41, 5.74) is 8.51. The highest BCUT2D eigenvalue weighted by Gasteiger charge is 2.31. The molecule has 2 aliphatic heterocycles. The van der Waals surface area contributed by atoms with Crippen LogP contribution in [0.25, 0.3) is 11.0 Å². The van der Waals surface area contributed by atoms with Crippen LogP contribution in [0.2, 0.25) is 0 Å². The van der Waals surface area contributed by atoms with Crippen LogP contribution in [0.15, 0.2) is 21.9 Å². The van der Waals surface area contributed by atoms with E-state index in [-0.39, 0.29) is 5.84 Å². The van der Waals surface area contributed by atoms with Gasteiger partial charge in [0.2, 0.25) is 0 Å². The second kappa shape index (κ2) is 8.31. The Bertz CT molecular complexity index is 901. The fourth-order valence-electron chi connectivity index (χ4n) is 3.52. The topological polar surface area (TPSA) is 140 Å². The van der Waals surface area contributed by atoms with Crippen molar-refractivity contribution in [2.75, 3.05) is 50.8 Å². The summed E-state index contributed by atoms with van der Waals surface area (Å²) in [4.78, 5) is 20.6. The van der Waals surface area contributed by atoms with Crippen LogP contribution in [-0.2, 0) is 14.4 Å². The zero-order valence-electron chi connectivity index (χ0n) is 16.2. The van der Waals surface area contributed by atoms with E-state index >= 15 is 0 Å². The summed E-state index contributed by atoms with van der Waals surface area (Å²) in [6, 6.07) is 3.49. The molecule has 4 rings (SSSR count). The molecule has 3 N–H and O–H groups in total. The van der Waals surface area contributed by atoms with Crippen molar-refractivity contribution in [3.63, 3.8) is 0 Å². The summed E-state index contributed by atoms with van der Waals surface area (Å²) in [5.74, 6) is -0.328. The lowest BCUT2D eigenvalue weighted by Crippen LogP contribution is -2.53. The highest BCUT2D eigenvalue weighted by Crippen LogP contribution is 2.32. The van der Waals surface area contributed by atoms with Gasteiger partial charge in [-0.3, -0.25) is 4.90 Å². The lowest BCUT2D eigenvalue weighted by Gasteiger charge is -2.43. The number of benzene rings is 1. The van der Waals surface area contributed by atoms with Crippen molar-refractivity contribution < 1.29 is 24.1 Å². The number of fused-ring (bicyclic) bond motifs is 1. The average Bonchev–Trinajstić information content (AvgIpc) is 3.17. The summed E-state index contributed by atoms with van der Waals surface area (Å²) in [6.07, 6.45) is -1.28. The number of ether oxygens (including phenoxy) is 1. The molecule has 2 fully saturated rings. The van der Waals surface area contributed by atoms with Gasteiger partial charge in [0, 0.05) is 44.2 Å². The molecule has 1 unspecified atom stereocenters. The second-order valence-corrected chi connectivity index (χ2v) is 7.37. The number of carbonyl (C=O) groups excluding carboxylic acids is 1. The maximum Gasteiger partial charge on any atom is 0.362 e. The molecule has 2 aromatic rings. The number of aliphatic hydroxyl groups is 1. The molecule has 11 nitrogen and oxygen atoms in total. The fourth-order valence-corrected chi connectivity index (χ4v) is 3.52. The van der Waals surface area contributed by atoms with Crippen LogP contribution in [0.3, 0.4) is 0 Å². The summed E-state index contributed by atoms with van der Waals surface area (Å²) < 4.78 is 10.3. The SMILES string of the molecule is CC(O)C(=O)ON=C(N)c1cc(N2CC(CN3CCOCC3)C2)c2nonc2c1. The number of amidine groups is 1. The number of nitrogens with two attached hydrogens (primary N) is 1. The summed E-state index contributed by atoms with van der Waals surface area (Å²) in [7, 11) is 0. The van der Waals surface area contributed by atoms with Crippen molar-refractivity contribution in [1.82, 2.24) is 15.2 Å². The predicted octanol–water partition coefficient (Wildman–Crippen LogP) is -0.464. The molecule has 1 atom stereocenters. The number of aliphatic hydroxyl groups excluding tert-OH is 1. The van der Waals surface area contributed by atoms with Crippen LogP contribution in [0.4, 0.5) is 5.69 Å². The third kappa shape index (κ3) is 4.31. The number of anilines is 1. The van der Waals surface area contributed by atoms with E-state index in [9.17, 15) is 9.90 Å². The standard InChI is InChI=1S/C18H24N6O5/c1-11(25)18(26)28-22-17(19)13-6-14-16(21-29-20-14)15(7-13)24-9-12(10-24)8-23-2-4-27-5-3-23/h6-7,11-12,25H,2-5,8-10H2,1H3,(H2,19,22). The largest absolute Gasteiger partial charge is 0.382 e. The first-order valence-corrected chi connectivity index (χ1v) is 9.55. The fraction of sp³-hybridized carbons (Fsp3) is 0.556. The molecular formula is C18H24N6O5. The molecule has 11 heteroatoms. The molecule has 2 saturated heterocycles. The van der Waals surface area contributed by atoms with Gasteiger partial charge in [-0.1, -0.05) is 5.16 Å². The monoisotopic (exact) mass is 404 g/mol. The highest BCUT2D eigenvalue weighted by atomic mass is 16.7. The van der Waals surface area contributed by atoms with Gasteiger partial charge in [0.15, 0.2) is 17.5 Å². The number of aromatic nitrogens is 2. The lowest BCUT2D eigenvalue weighted by molar-refractivity contribution is -0.152. The number of carbonyl (C=O) groups is 1. The Morgan fingerprint density at radius 2 is 2.14 bits per heavy atom. The van der Waals surface area contributed by atoms with Crippen molar-refractivity contribution in [1.29, 1.82) is 0 Å². The van der Waals surface area contributed by atoms with Crippen LogP contribution in [0.5, 0.6) is 0 Å². The van der Waals surface area contributed by atoms with Gasteiger partial charge < -0.3 is 25.3 Å². The summed E-state index contributed by atoms with van der Waals surface area (Å²) in [6.45, 7) is 7.63. The Balaban J connectivity index is 1.47. The quantitative estimate of drug-likeness (QED) is 0.281. The molecule has 2 aliphatic rings. The second-order valence-electron chi connectivity index (χ2n) is 7.37. The van der Waals surface area contributed by atoms with Crippen LogP contribution >= 0.6 is 0 Å². The third-order valence-electron chi connectivity index (χ3n) is 5.13. The molecule has 0 saturated carbocycles. The van der Waals surface area contributed by atoms with E-state index in [0.29, 0.717) is 22.5 Å². The first kappa shape index (κ1) is 19.6. The molecule has 0 aliphatic carbocycles. The molecule has 0 radical (unpaired) electrons. The van der Waals surface area contributed by atoms with Gasteiger partial charge in [0.25, 0.3) is 0 Å². The molecule has 0 spiro atoms. The van der Waals surface area contributed by atoms with Gasteiger partial charge in [-0.15, -0.1) is 0 Å². The van der Waals surface area contributed by atoms with Gasteiger partial charge in [-0.2, -0.15) is 0 Å².